The number of amides is 1. The number of anilines is 1. The maximum absolute atomic E-state index is 14.5. The maximum Gasteiger partial charge on any atom is 0.310 e. The normalized spacial score (nSPS) is 10.6. The standard InChI is InChI=1S/C24H19Cl2F2NO4/c1-2-32-23(30)10-15-9-21(28)22(12-20(15)27)29-24(31)18-11-17(6-7-19(18)26)33-13-14-4-3-5-16(25)8-14/h3-9,11-12H,2,10,13H2,1H3,(H,29,31). The van der Waals surface area contributed by atoms with Crippen molar-refractivity contribution in [3.63, 3.8) is 0 Å². The molecule has 0 aliphatic heterocycles. The van der Waals surface area contributed by atoms with Crippen molar-refractivity contribution in [3.05, 3.63) is 93.0 Å². The van der Waals surface area contributed by atoms with Crippen molar-refractivity contribution < 1.29 is 27.8 Å². The van der Waals surface area contributed by atoms with Crippen LogP contribution in [-0.4, -0.2) is 18.5 Å². The Labute approximate surface area is 199 Å². The Morgan fingerprint density at radius 1 is 1.00 bits per heavy atom. The van der Waals surface area contributed by atoms with Gasteiger partial charge in [0.2, 0.25) is 0 Å². The van der Waals surface area contributed by atoms with Gasteiger partial charge in [0.15, 0.2) is 0 Å². The molecule has 0 atom stereocenters. The summed E-state index contributed by atoms with van der Waals surface area (Å²) in [6.07, 6.45) is -0.428. The molecule has 0 fully saturated rings. The molecule has 0 heterocycles. The molecule has 33 heavy (non-hydrogen) atoms. The molecular formula is C24H19Cl2F2NO4. The van der Waals surface area contributed by atoms with Crippen molar-refractivity contribution in [2.24, 2.45) is 0 Å². The van der Waals surface area contributed by atoms with Gasteiger partial charge >= 0.3 is 5.97 Å². The lowest BCUT2D eigenvalue weighted by Gasteiger charge is -2.12. The molecule has 0 unspecified atom stereocenters. The van der Waals surface area contributed by atoms with E-state index in [1.54, 1.807) is 31.2 Å². The van der Waals surface area contributed by atoms with Gasteiger partial charge in [-0.05, 0) is 48.9 Å². The molecule has 0 saturated carbocycles. The number of esters is 1. The summed E-state index contributed by atoms with van der Waals surface area (Å²) >= 11 is 12.1. The van der Waals surface area contributed by atoms with Gasteiger partial charge in [-0.3, -0.25) is 9.59 Å². The molecule has 0 saturated heterocycles. The number of hydrogen-bond acceptors (Lipinski definition) is 4. The number of ether oxygens (including phenoxy) is 2. The Morgan fingerprint density at radius 3 is 2.52 bits per heavy atom. The molecule has 3 rings (SSSR count). The van der Waals surface area contributed by atoms with Crippen LogP contribution in [0.25, 0.3) is 0 Å². The first-order valence-corrected chi connectivity index (χ1v) is 10.6. The molecule has 0 radical (unpaired) electrons. The minimum absolute atomic E-state index is 0.00988. The number of carbonyl (C=O) groups excluding carboxylic acids is 2. The number of nitrogens with one attached hydrogen (secondary N) is 1. The first kappa shape index (κ1) is 24.5. The van der Waals surface area contributed by atoms with Crippen LogP contribution in [0.4, 0.5) is 14.5 Å². The molecule has 172 valence electrons. The lowest BCUT2D eigenvalue weighted by Crippen LogP contribution is -2.15. The fourth-order valence-electron chi connectivity index (χ4n) is 2.94. The largest absolute Gasteiger partial charge is 0.489 e. The Balaban J connectivity index is 1.73. The maximum atomic E-state index is 14.5. The SMILES string of the molecule is CCOC(=O)Cc1cc(F)c(NC(=O)c2cc(OCc3cccc(Cl)c3)ccc2Cl)cc1F. The molecule has 1 amide bonds. The van der Waals surface area contributed by atoms with E-state index in [4.69, 9.17) is 32.7 Å². The van der Waals surface area contributed by atoms with Gasteiger partial charge in [0.25, 0.3) is 5.91 Å². The predicted octanol–water partition coefficient (Wildman–Crippen LogP) is 6.21. The second-order valence-electron chi connectivity index (χ2n) is 6.92. The van der Waals surface area contributed by atoms with Crippen LogP contribution >= 0.6 is 23.2 Å². The van der Waals surface area contributed by atoms with Crippen molar-refractivity contribution >= 4 is 40.8 Å². The fourth-order valence-corrected chi connectivity index (χ4v) is 3.35. The van der Waals surface area contributed by atoms with Gasteiger partial charge in [-0.25, -0.2) is 8.78 Å². The summed E-state index contributed by atoms with van der Waals surface area (Å²) in [5.74, 6) is -2.86. The van der Waals surface area contributed by atoms with Crippen LogP contribution in [0.3, 0.4) is 0 Å². The lowest BCUT2D eigenvalue weighted by atomic mass is 10.1. The van der Waals surface area contributed by atoms with E-state index >= 15 is 0 Å². The van der Waals surface area contributed by atoms with Crippen LogP contribution in [0.1, 0.15) is 28.4 Å². The Bertz CT molecular complexity index is 1190. The average molecular weight is 494 g/mol. The minimum atomic E-state index is -0.909. The topological polar surface area (TPSA) is 64.6 Å². The predicted molar refractivity (Wildman–Crippen MR) is 122 cm³/mol. The van der Waals surface area contributed by atoms with E-state index < -0.39 is 35.6 Å². The van der Waals surface area contributed by atoms with E-state index in [9.17, 15) is 18.4 Å². The van der Waals surface area contributed by atoms with Gasteiger partial charge in [-0.1, -0.05) is 35.3 Å². The molecule has 1 N–H and O–H groups in total. The molecule has 0 aromatic heterocycles. The molecule has 0 aliphatic rings. The Hall–Kier alpha value is -3.16. The summed E-state index contributed by atoms with van der Waals surface area (Å²) in [6, 6.07) is 13.2. The number of halogens is 4. The van der Waals surface area contributed by atoms with Gasteiger partial charge in [0.05, 0.1) is 29.3 Å². The third kappa shape index (κ3) is 6.66. The quantitative estimate of drug-likeness (QED) is 0.379. The van der Waals surface area contributed by atoms with Gasteiger partial charge in [0, 0.05) is 16.7 Å². The zero-order valence-corrected chi connectivity index (χ0v) is 19.0. The van der Waals surface area contributed by atoms with Gasteiger partial charge < -0.3 is 14.8 Å². The van der Waals surface area contributed by atoms with Crippen molar-refractivity contribution in [1.82, 2.24) is 0 Å². The van der Waals surface area contributed by atoms with Crippen LogP contribution in [0.15, 0.2) is 54.6 Å². The molecular weight excluding hydrogens is 475 g/mol. The number of benzene rings is 3. The molecule has 0 spiro atoms. The summed E-state index contributed by atoms with van der Waals surface area (Å²) in [5.41, 5.74) is 0.254. The summed E-state index contributed by atoms with van der Waals surface area (Å²) in [5, 5.41) is 2.96. The second kappa shape index (κ2) is 11.1. The number of carbonyl (C=O) groups is 2. The van der Waals surface area contributed by atoms with Gasteiger partial charge in [-0.2, -0.15) is 0 Å². The van der Waals surface area contributed by atoms with Crippen molar-refractivity contribution in [2.75, 3.05) is 11.9 Å². The highest BCUT2D eigenvalue weighted by Gasteiger charge is 2.18. The van der Waals surface area contributed by atoms with E-state index in [1.165, 1.54) is 12.1 Å². The molecule has 3 aromatic carbocycles. The monoisotopic (exact) mass is 493 g/mol. The second-order valence-corrected chi connectivity index (χ2v) is 7.76. The summed E-state index contributed by atoms with van der Waals surface area (Å²) in [6.45, 7) is 1.93. The first-order chi connectivity index (χ1) is 15.8. The molecule has 3 aromatic rings. The molecule has 5 nitrogen and oxygen atoms in total. The Morgan fingerprint density at radius 2 is 1.79 bits per heavy atom. The van der Waals surface area contributed by atoms with E-state index in [0.29, 0.717) is 10.8 Å². The first-order valence-electron chi connectivity index (χ1n) is 9.88. The van der Waals surface area contributed by atoms with Crippen LogP contribution in [0, 0.1) is 11.6 Å². The molecule has 9 heteroatoms. The van der Waals surface area contributed by atoms with Crippen molar-refractivity contribution in [1.29, 1.82) is 0 Å². The van der Waals surface area contributed by atoms with E-state index in [-0.39, 0.29) is 29.4 Å². The Kier molecular flexibility index (Phi) is 8.25. The fraction of sp³-hybridized carbons (Fsp3) is 0.167. The minimum Gasteiger partial charge on any atom is -0.489 e. The van der Waals surface area contributed by atoms with Crippen LogP contribution in [0.5, 0.6) is 5.75 Å². The number of rotatable bonds is 8. The molecule has 0 bridgehead atoms. The van der Waals surface area contributed by atoms with E-state index in [0.717, 1.165) is 17.7 Å². The van der Waals surface area contributed by atoms with Gasteiger partial charge in [0.1, 0.15) is 24.0 Å². The van der Waals surface area contributed by atoms with Crippen LogP contribution < -0.4 is 10.1 Å². The van der Waals surface area contributed by atoms with E-state index in [1.807, 2.05) is 6.07 Å². The zero-order chi connectivity index (χ0) is 24.0. The smallest absolute Gasteiger partial charge is 0.310 e. The summed E-state index contributed by atoms with van der Waals surface area (Å²) < 4.78 is 39.2. The zero-order valence-electron chi connectivity index (χ0n) is 17.5. The van der Waals surface area contributed by atoms with Crippen molar-refractivity contribution in [2.45, 2.75) is 20.0 Å². The third-order valence-electron chi connectivity index (χ3n) is 4.50. The summed E-state index contributed by atoms with van der Waals surface area (Å²) in [7, 11) is 0. The highest BCUT2D eigenvalue weighted by Crippen LogP contribution is 2.26. The van der Waals surface area contributed by atoms with Gasteiger partial charge in [-0.15, -0.1) is 0 Å². The van der Waals surface area contributed by atoms with Crippen molar-refractivity contribution in [3.8, 4) is 5.75 Å². The third-order valence-corrected chi connectivity index (χ3v) is 5.07. The van der Waals surface area contributed by atoms with E-state index in [2.05, 4.69) is 5.32 Å². The average Bonchev–Trinajstić information content (AvgIpc) is 2.76. The molecule has 0 aliphatic carbocycles. The number of hydrogen-bond donors (Lipinski definition) is 1. The van der Waals surface area contributed by atoms with Crippen LogP contribution in [-0.2, 0) is 22.6 Å². The summed E-state index contributed by atoms with van der Waals surface area (Å²) in [4.78, 5) is 24.2. The lowest BCUT2D eigenvalue weighted by molar-refractivity contribution is -0.142. The van der Waals surface area contributed by atoms with Crippen LogP contribution in [0.2, 0.25) is 10.0 Å². The highest BCUT2D eigenvalue weighted by molar-refractivity contribution is 6.34. The highest BCUT2D eigenvalue weighted by atomic mass is 35.5.